The normalized spacial score (nSPS) is 16.0. The van der Waals surface area contributed by atoms with Crippen molar-refractivity contribution in [3.63, 3.8) is 0 Å². The van der Waals surface area contributed by atoms with E-state index in [0.29, 0.717) is 6.04 Å². The van der Waals surface area contributed by atoms with Crippen molar-refractivity contribution in [2.45, 2.75) is 52.1 Å². The maximum Gasteiger partial charge on any atom is 0.191 e. The maximum atomic E-state index is 4.75. The summed E-state index contributed by atoms with van der Waals surface area (Å²) in [7, 11) is 0. The number of rotatable bonds is 9. The molecule has 1 heterocycles. The van der Waals surface area contributed by atoms with Gasteiger partial charge in [0.1, 0.15) is 0 Å². The third kappa shape index (κ3) is 10.0. The number of nitrogens with one attached hydrogen (secondary N) is 2. The summed E-state index contributed by atoms with van der Waals surface area (Å²) >= 11 is 1.92. The van der Waals surface area contributed by atoms with Crippen molar-refractivity contribution in [3.8, 4) is 0 Å². The van der Waals surface area contributed by atoms with Crippen molar-refractivity contribution in [2.75, 3.05) is 38.2 Å². The summed E-state index contributed by atoms with van der Waals surface area (Å²) in [4.78, 5) is 7.32. The second kappa shape index (κ2) is 14.5. The van der Waals surface area contributed by atoms with Crippen LogP contribution in [0.1, 0.15) is 43.7 Å². The Morgan fingerprint density at radius 1 is 1.26 bits per heavy atom. The Bertz CT molecular complexity index is 545. The lowest BCUT2D eigenvalue weighted by atomic mass is 10.0. The monoisotopic (exact) mass is 504 g/mol. The van der Waals surface area contributed by atoms with E-state index in [2.05, 4.69) is 59.9 Å². The van der Waals surface area contributed by atoms with Crippen LogP contribution in [0.25, 0.3) is 0 Å². The molecule has 0 aliphatic carbocycles. The van der Waals surface area contributed by atoms with Gasteiger partial charge in [0.2, 0.25) is 0 Å². The molecule has 6 heteroatoms. The Balaban J connectivity index is 0.00000364. The zero-order valence-corrected chi connectivity index (χ0v) is 20.3. The first kappa shape index (κ1) is 24.6. The fraction of sp³-hybridized carbons (Fsp3) is 0.667. The SMILES string of the molecule is CCNC(=NCCCCSC)NC1CCN(Cc2cccc(C)c2)CC1.I. The number of aliphatic imine (C=N–C) groups is 1. The number of hydrogen-bond acceptors (Lipinski definition) is 3. The highest BCUT2D eigenvalue weighted by Crippen LogP contribution is 2.14. The number of benzene rings is 1. The summed E-state index contributed by atoms with van der Waals surface area (Å²) < 4.78 is 0. The van der Waals surface area contributed by atoms with Crippen molar-refractivity contribution >= 4 is 41.7 Å². The Morgan fingerprint density at radius 3 is 2.70 bits per heavy atom. The zero-order valence-electron chi connectivity index (χ0n) is 17.2. The van der Waals surface area contributed by atoms with Crippen LogP contribution in [0.3, 0.4) is 0 Å². The molecule has 0 amide bonds. The van der Waals surface area contributed by atoms with E-state index >= 15 is 0 Å². The maximum absolute atomic E-state index is 4.75. The van der Waals surface area contributed by atoms with E-state index in [0.717, 1.165) is 38.7 Å². The van der Waals surface area contributed by atoms with E-state index in [1.54, 1.807) is 0 Å². The predicted molar refractivity (Wildman–Crippen MR) is 132 cm³/mol. The number of unbranched alkanes of at least 4 members (excludes halogenated alkanes) is 1. The molecule has 1 aromatic rings. The molecule has 0 unspecified atom stereocenters. The average molecular weight is 505 g/mol. The quantitative estimate of drug-likeness (QED) is 0.228. The predicted octanol–water partition coefficient (Wildman–Crippen LogP) is 4.28. The van der Waals surface area contributed by atoms with E-state index < -0.39 is 0 Å². The van der Waals surface area contributed by atoms with Gasteiger partial charge in [0.25, 0.3) is 0 Å². The van der Waals surface area contributed by atoms with Gasteiger partial charge in [-0.25, -0.2) is 0 Å². The van der Waals surface area contributed by atoms with Crippen molar-refractivity contribution < 1.29 is 0 Å². The van der Waals surface area contributed by atoms with Crippen LogP contribution in [0.15, 0.2) is 29.3 Å². The van der Waals surface area contributed by atoms with Gasteiger partial charge in [0, 0.05) is 38.8 Å². The van der Waals surface area contributed by atoms with Gasteiger partial charge in [0.05, 0.1) is 0 Å². The van der Waals surface area contributed by atoms with Crippen LogP contribution in [0.5, 0.6) is 0 Å². The minimum atomic E-state index is 0. The van der Waals surface area contributed by atoms with Gasteiger partial charge in [-0.1, -0.05) is 29.8 Å². The topological polar surface area (TPSA) is 39.7 Å². The van der Waals surface area contributed by atoms with E-state index in [1.165, 1.54) is 42.6 Å². The molecule has 0 atom stereocenters. The number of guanidine groups is 1. The minimum absolute atomic E-state index is 0. The molecule has 2 rings (SSSR count). The Labute approximate surface area is 187 Å². The lowest BCUT2D eigenvalue weighted by Gasteiger charge is -2.33. The summed E-state index contributed by atoms with van der Waals surface area (Å²) in [6, 6.07) is 9.41. The number of piperidine rings is 1. The molecule has 1 fully saturated rings. The number of thioether (sulfide) groups is 1. The second-order valence-corrected chi connectivity index (χ2v) is 8.13. The van der Waals surface area contributed by atoms with Crippen molar-refractivity contribution in [3.05, 3.63) is 35.4 Å². The molecule has 27 heavy (non-hydrogen) atoms. The molecule has 0 spiro atoms. The van der Waals surface area contributed by atoms with Crippen molar-refractivity contribution in [2.24, 2.45) is 4.99 Å². The van der Waals surface area contributed by atoms with Gasteiger partial charge in [-0.2, -0.15) is 11.8 Å². The standard InChI is InChI=1S/C21H36N4S.HI/c1-4-22-21(23-12-5-6-15-26-3)24-20-10-13-25(14-11-20)17-19-9-7-8-18(2)16-19;/h7-9,16,20H,4-6,10-15,17H2,1-3H3,(H2,22,23,24);1H. The van der Waals surface area contributed by atoms with Crippen molar-refractivity contribution in [1.82, 2.24) is 15.5 Å². The molecule has 0 bridgehead atoms. The molecular weight excluding hydrogens is 467 g/mol. The number of aryl methyl sites for hydroxylation is 1. The summed E-state index contributed by atoms with van der Waals surface area (Å²) in [6.07, 6.45) is 6.96. The Morgan fingerprint density at radius 2 is 2.04 bits per heavy atom. The Hall–Kier alpha value is -0.470. The van der Waals surface area contributed by atoms with Gasteiger partial charge in [-0.15, -0.1) is 24.0 Å². The molecule has 1 saturated heterocycles. The summed E-state index contributed by atoms with van der Waals surface area (Å²) in [5.74, 6) is 2.23. The number of hydrogen-bond donors (Lipinski definition) is 2. The molecule has 1 aliphatic rings. The molecule has 4 nitrogen and oxygen atoms in total. The van der Waals surface area contributed by atoms with Gasteiger partial charge >= 0.3 is 0 Å². The molecule has 0 saturated carbocycles. The number of halogens is 1. The summed E-state index contributed by atoms with van der Waals surface area (Å²) in [5, 5.41) is 7.05. The van der Waals surface area contributed by atoms with Crippen LogP contribution in [-0.4, -0.2) is 55.1 Å². The molecule has 154 valence electrons. The summed E-state index contributed by atoms with van der Waals surface area (Å²) in [5.41, 5.74) is 2.78. The third-order valence-corrected chi connectivity index (χ3v) is 5.48. The van der Waals surface area contributed by atoms with Gasteiger partial charge < -0.3 is 10.6 Å². The molecule has 1 aliphatic heterocycles. The highest BCUT2D eigenvalue weighted by atomic mass is 127. The molecule has 0 aromatic heterocycles. The average Bonchev–Trinajstić information content (AvgIpc) is 2.63. The first-order chi connectivity index (χ1) is 12.7. The molecule has 2 N–H and O–H groups in total. The van der Waals surface area contributed by atoms with Crippen LogP contribution in [0, 0.1) is 6.92 Å². The third-order valence-electron chi connectivity index (χ3n) is 4.79. The minimum Gasteiger partial charge on any atom is -0.357 e. The smallest absolute Gasteiger partial charge is 0.191 e. The van der Waals surface area contributed by atoms with E-state index in [9.17, 15) is 0 Å². The number of nitrogens with zero attached hydrogens (tertiary/aromatic N) is 2. The van der Waals surface area contributed by atoms with Gasteiger partial charge in [-0.3, -0.25) is 9.89 Å². The van der Waals surface area contributed by atoms with Gasteiger partial charge in [-0.05, 0) is 57.1 Å². The van der Waals surface area contributed by atoms with Crippen LogP contribution in [0.4, 0.5) is 0 Å². The van der Waals surface area contributed by atoms with Crippen LogP contribution in [-0.2, 0) is 6.54 Å². The molecule has 1 aromatic carbocycles. The van der Waals surface area contributed by atoms with E-state index in [-0.39, 0.29) is 24.0 Å². The van der Waals surface area contributed by atoms with E-state index in [4.69, 9.17) is 4.99 Å². The highest BCUT2D eigenvalue weighted by molar-refractivity contribution is 14.0. The van der Waals surface area contributed by atoms with Crippen LogP contribution >= 0.6 is 35.7 Å². The first-order valence-corrected chi connectivity index (χ1v) is 11.4. The van der Waals surface area contributed by atoms with Crippen LogP contribution < -0.4 is 10.6 Å². The zero-order chi connectivity index (χ0) is 18.6. The first-order valence-electron chi connectivity index (χ1n) is 10.0. The number of likely N-dealkylation sites (tertiary alicyclic amines) is 1. The second-order valence-electron chi connectivity index (χ2n) is 7.14. The Kier molecular flexibility index (Phi) is 13.2. The lowest BCUT2D eigenvalue weighted by Crippen LogP contribution is -2.48. The fourth-order valence-electron chi connectivity index (χ4n) is 3.37. The highest BCUT2D eigenvalue weighted by Gasteiger charge is 2.20. The largest absolute Gasteiger partial charge is 0.357 e. The summed E-state index contributed by atoms with van der Waals surface area (Å²) in [6.45, 7) is 9.51. The van der Waals surface area contributed by atoms with E-state index in [1.807, 2.05) is 11.8 Å². The van der Waals surface area contributed by atoms with Crippen LogP contribution in [0.2, 0.25) is 0 Å². The lowest BCUT2D eigenvalue weighted by molar-refractivity contribution is 0.198. The molecule has 0 radical (unpaired) electrons. The van der Waals surface area contributed by atoms with Crippen molar-refractivity contribution in [1.29, 1.82) is 0 Å². The van der Waals surface area contributed by atoms with Gasteiger partial charge in [0.15, 0.2) is 5.96 Å². The fourth-order valence-corrected chi connectivity index (χ4v) is 3.86. The molecular formula is C21H37IN4S.